The number of aromatic nitrogens is 4. The Balaban J connectivity index is 1.57. The van der Waals surface area contributed by atoms with Gasteiger partial charge in [0, 0.05) is 24.3 Å². The molecule has 2 heterocycles. The topological polar surface area (TPSA) is 102 Å². The maximum Gasteiger partial charge on any atom is 0.322 e. The van der Waals surface area contributed by atoms with Gasteiger partial charge in [0.05, 0.1) is 15.4 Å². The highest BCUT2D eigenvalue weighted by molar-refractivity contribution is 9.10. The van der Waals surface area contributed by atoms with E-state index < -0.39 is 21.9 Å². The minimum Gasteiger partial charge on any atom is -0.424 e. The van der Waals surface area contributed by atoms with Gasteiger partial charge in [0.1, 0.15) is 11.6 Å². The third-order valence-electron chi connectivity index (χ3n) is 4.72. The zero-order chi connectivity index (χ0) is 22.2. The summed E-state index contributed by atoms with van der Waals surface area (Å²) in [5, 5.41) is 9.25. The molecular weight excluding hydrogens is 489 g/mol. The molecule has 2 aromatic heterocycles. The van der Waals surface area contributed by atoms with Crippen LogP contribution in [-0.4, -0.2) is 28.2 Å². The number of H-pyrrole nitrogens is 1. The lowest BCUT2D eigenvalue weighted by atomic mass is 10.2. The number of rotatable bonds is 7. The molecule has 4 rings (SSSR count). The van der Waals surface area contributed by atoms with Gasteiger partial charge in [-0.05, 0) is 71.6 Å². The van der Waals surface area contributed by atoms with E-state index in [9.17, 15) is 12.8 Å². The largest absolute Gasteiger partial charge is 0.424 e. The number of benzene rings is 2. The first-order valence-corrected chi connectivity index (χ1v) is 11.7. The van der Waals surface area contributed by atoms with E-state index in [4.69, 9.17) is 4.74 Å². The highest BCUT2D eigenvalue weighted by Gasteiger charge is 2.24. The fraction of sp³-hybridized carbons (Fsp3) is 0.200. The third-order valence-corrected chi connectivity index (χ3v) is 6.90. The Kier molecular flexibility index (Phi) is 5.82. The number of fused-ring (bicyclic) bond motifs is 1. The maximum absolute atomic E-state index is 13.8. The summed E-state index contributed by atoms with van der Waals surface area (Å²) in [5.41, 5.74) is 0.920. The van der Waals surface area contributed by atoms with Gasteiger partial charge in [-0.2, -0.15) is 0 Å². The minimum atomic E-state index is -3.98. The highest BCUT2D eigenvalue weighted by Crippen LogP contribution is 2.27. The number of ether oxygens (including phenoxy) is 1. The first kappa shape index (κ1) is 21.5. The SMILES string of the molecule is CCn1c(Oc2ccc3cc[nH]c3c2)nnc1[C@@H](C)NS(=O)(=O)c1ccc(Br)c(F)c1. The Bertz CT molecular complexity index is 1350. The average molecular weight is 508 g/mol. The Hall–Kier alpha value is -2.76. The van der Waals surface area contributed by atoms with Crippen LogP contribution in [0.5, 0.6) is 11.8 Å². The van der Waals surface area contributed by atoms with Crippen molar-refractivity contribution < 1.29 is 17.5 Å². The van der Waals surface area contributed by atoms with Crippen LogP contribution in [0.2, 0.25) is 0 Å². The zero-order valence-electron chi connectivity index (χ0n) is 16.6. The van der Waals surface area contributed by atoms with Crippen LogP contribution in [-0.2, 0) is 16.6 Å². The molecule has 8 nitrogen and oxygen atoms in total. The van der Waals surface area contributed by atoms with Crippen molar-refractivity contribution in [2.45, 2.75) is 31.3 Å². The van der Waals surface area contributed by atoms with E-state index in [1.54, 1.807) is 11.5 Å². The average Bonchev–Trinajstić information content (AvgIpc) is 3.35. The molecule has 4 aromatic rings. The third kappa shape index (κ3) is 4.34. The Morgan fingerprint density at radius 2 is 2.03 bits per heavy atom. The molecule has 31 heavy (non-hydrogen) atoms. The molecular formula is C20H19BrFN5O3S. The van der Waals surface area contributed by atoms with Crippen molar-refractivity contribution in [3.63, 3.8) is 0 Å². The second kappa shape index (κ2) is 8.40. The number of sulfonamides is 1. The number of hydrogen-bond donors (Lipinski definition) is 2. The minimum absolute atomic E-state index is 0.182. The molecule has 0 aliphatic rings. The summed E-state index contributed by atoms with van der Waals surface area (Å²) in [6.07, 6.45) is 1.84. The van der Waals surface area contributed by atoms with Crippen molar-refractivity contribution in [2.75, 3.05) is 0 Å². The van der Waals surface area contributed by atoms with Gasteiger partial charge >= 0.3 is 6.01 Å². The lowest BCUT2D eigenvalue weighted by Crippen LogP contribution is -2.29. The molecule has 0 spiro atoms. The fourth-order valence-electron chi connectivity index (χ4n) is 3.19. The van der Waals surface area contributed by atoms with Crippen molar-refractivity contribution in [2.24, 2.45) is 0 Å². The standard InChI is InChI=1S/C20H19BrFN5O3S/c1-3-27-19(12(2)26-31(28,29)15-6-7-16(21)17(22)11-15)24-25-20(27)30-14-5-4-13-8-9-23-18(13)10-14/h4-12,23,26H,3H2,1-2H3/t12-/m1/s1. The van der Waals surface area contributed by atoms with Gasteiger partial charge in [-0.1, -0.05) is 5.10 Å². The van der Waals surface area contributed by atoms with Crippen molar-refractivity contribution in [3.05, 3.63) is 64.8 Å². The van der Waals surface area contributed by atoms with Gasteiger partial charge in [-0.3, -0.25) is 4.57 Å². The summed E-state index contributed by atoms with van der Waals surface area (Å²) in [7, 11) is -3.98. The predicted molar refractivity (Wildman–Crippen MR) is 117 cm³/mol. The zero-order valence-corrected chi connectivity index (χ0v) is 19.0. The van der Waals surface area contributed by atoms with Gasteiger partial charge in [0.2, 0.25) is 10.0 Å². The van der Waals surface area contributed by atoms with Crippen LogP contribution in [0.1, 0.15) is 25.7 Å². The van der Waals surface area contributed by atoms with Crippen LogP contribution in [0.4, 0.5) is 4.39 Å². The second-order valence-corrected chi connectivity index (χ2v) is 9.40. The van der Waals surface area contributed by atoms with Gasteiger partial charge < -0.3 is 9.72 Å². The summed E-state index contributed by atoms with van der Waals surface area (Å²) >= 11 is 3.02. The van der Waals surface area contributed by atoms with Gasteiger partial charge in [0.25, 0.3) is 0 Å². The van der Waals surface area contributed by atoms with Gasteiger partial charge in [0.15, 0.2) is 5.82 Å². The molecule has 0 unspecified atom stereocenters. The van der Waals surface area contributed by atoms with Crippen LogP contribution in [0.15, 0.2) is 58.0 Å². The summed E-state index contributed by atoms with van der Waals surface area (Å²) < 4.78 is 49.4. The molecule has 0 fully saturated rings. The molecule has 0 aliphatic heterocycles. The Labute approximate surface area is 186 Å². The van der Waals surface area contributed by atoms with E-state index in [0.29, 0.717) is 18.1 Å². The first-order chi connectivity index (χ1) is 14.8. The molecule has 0 amide bonds. The van der Waals surface area contributed by atoms with E-state index in [1.165, 1.54) is 12.1 Å². The molecule has 1 atom stereocenters. The monoisotopic (exact) mass is 507 g/mol. The summed E-state index contributed by atoms with van der Waals surface area (Å²) in [6.45, 7) is 3.97. The lowest BCUT2D eigenvalue weighted by molar-refractivity contribution is 0.408. The van der Waals surface area contributed by atoms with E-state index in [1.807, 2.05) is 37.4 Å². The highest BCUT2D eigenvalue weighted by atomic mass is 79.9. The maximum atomic E-state index is 13.8. The number of nitrogens with zero attached hydrogens (tertiary/aromatic N) is 3. The van der Waals surface area contributed by atoms with Crippen LogP contribution >= 0.6 is 15.9 Å². The molecule has 0 saturated carbocycles. The van der Waals surface area contributed by atoms with Crippen molar-refractivity contribution in [1.82, 2.24) is 24.5 Å². The quantitative estimate of drug-likeness (QED) is 0.383. The van der Waals surface area contributed by atoms with E-state index in [-0.39, 0.29) is 15.4 Å². The predicted octanol–water partition coefficient (Wildman–Crippen LogP) is 4.51. The molecule has 0 bridgehead atoms. The Morgan fingerprint density at radius 3 is 2.77 bits per heavy atom. The van der Waals surface area contributed by atoms with E-state index >= 15 is 0 Å². The molecule has 11 heteroatoms. The number of aromatic amines is 1. The van der Waals surface area contributed by atoms with Crippen LogP contribution in [0.25, 0.3) is 10.9 Å². The van der Waals surface area contributed by atoms with Gasteiger partial charge in [-0.25, -0.2) is 17.5 Å². The normalized spacial score (nSPS) is 12.9. The van der Waals surface area contributed by atoms with Crippen molar-refractivity contribution in [3.8, 4) is 11.8 Å². The van der Waals surface area contributed by atoms with Gasteiger partial charge in [-0.15, -0.1) is 5.10 Å². The lowest BCUT2D eigenvalue weighted by Gasteiger charge is -2.15. The molecule has 0 saturated heterocycles. The van der Waals surface area contributed by atoms with Crippen molar-refractivity contribution in [1.29, 1.82) is 0 Å². The fourth-order valence-corrected chi connectivity index (χ4v) is 4.65. The number of nitrogens with one attached hydrogen (secondary N) is 2. The van der Waals surface area contributed by atoms with E-state index in [2.05, 4.69) is 35.8 Å². The molecule has 0 aliphatic carbocycles. The van der Waals surface area contributed by atoms with Crippen LogP contribution in [0.3, 0.4) is 0 Å². The molecule has 162 valence electrons. The summed E-state index contributed by atoms with van der Waals surface area (Å²) in [6, 6.07) is 10.7. The van der Waals surface area contributed by atoms with Crippen LogP contribution in [0, 0.1) is 5.82 Å². The molecule has 2 N–H and O–H groups in total. The van der Waals surface area contributed by atoms with Crippen molar-refractivity contribution >= 4 is 36.9 Å². The number of hydrogen-bond acceptors (Lipinski definition) is 5. The number of halogens is 2. The Morgan fingerprint density at radius 1 is 1.23 bits per heavy atom. The van der Waals surface area contributed by atoms with Crippen LogP contribution < -0.4 is 9.46 Å². The second-order valence-electron chi connectivity index (χ2n) is 6.83. The molecule has 0 radical (unpaired) electrons. The first-order valence-electron chi connectivity index (χ1n) is 9.44. The smallest absolute Gasteiger partial charge is 0.322 e. The van der Waals surface area contributed by atoms with E-state index in [0.717, 1.165) is 17.0 Å². The summed E-state index contributed by atoms with van der Waals surface area (Å²) in [5.74, 6) is 0.281. The summed E-state index contributed by atoms with van der Waals surface area (Å²) in [4.78, 5) is 2.94. The molecule has 2 aromatic carbocycles.